The summed E-state index contributed by atoms with van der Waals surface area (Å²) in [6.45, 7) is 12.0. The Morgan fingerprint density at radius 1 is 1.26 bits per heavy atom. The normalized spacial score (nSPS) is 16.9. The van der Waals surface area contributed by atoms with Gasteiger partial charge in [-0.05, 0) is 28.9 Å². The summed E-state index contributed by atoms with van der Waals surface area (Å²) in [5, 5.41) is -1.86. The third-order valence-electron chi connectivity index (χ3n) is 6.22. The lowest BCUT2D eigenvalue weighted by molar-refractivity contribution is 0.000854. The third-order valence-corrected chi connectivity index (χ3v) is 7.68. The van der Waals surface area contributed by atoms with Crippen LogP contribution in [0.25, 0.3) is 0 Å². The minimum absolute atomic E-state index is 0.0683. The van der Waals surface area contributed by atoms with Gasteiger partial charge in [-0.25, -0.2) is 9.18 Å². The molecule has 3 rings (SSSR count). The molecule has 1 aliphatic heterocycles. The average molecular weight is 556 g/mol. The van der Waals surface area contributed by atoms with Crippen molar-refractivity contribution in [1.29, 1.82) is 0 Å². The molecule has 0 aliphatic carbocycles. The molecule has 0 amide bonds. The van der Waals surface area contributed by atoms with E-state index in [9.17, 15) is 4.79 Å². The van der Waals surface area contributed by atoms with E-state index in [1.165, 1.54) is 17.9 Å². The van der Waals surface area contributed by atoms with Crippen LogP contribution in [0.5, 0.6) is 5.75 Å². The molecule has 1 N–H and O–H groups in total. The molecule has 2 unspecified atom stereocenters. The van der Waals surface area contributed by atoms with E-state index in [-0.39, 0.29) is 35.4 Å². The number of rotatable bonds is 7. The van der Waals surface area contributed by atoms with Crippen LogP contribution >= 0.6 is 20.8 Å². The van der Waals surface area contributed by atoms with Crippen molar-refractivity contribution < 1.29 is 22.7 Å². The highest BCUT2D eigenvalue weighted by Gasteiger charge is 2.40. The Kier molecular flexibility index (Phi) is 9.07. The summed E-state index contributed by atoms with van der Waals surface area (Å²) in [4.78, 5) is 14.8. The molecule has 38 heavy (non-hydrogen) atoms. The highest BCUT2D eigenvalue weighted by Crippen LogP contribution is 2.54. The predicted molar refractivity (Wildman–Crippen MR) is 151 cm³/mol. The number of fused-ring (bicyclic) bond motifs is 1. The van der Waals surface area contributed by atoms with Crippen molar-refractivity contribution in [2.45, 2.75) is 83.4 Å². The lowest BCUT2D eigenvalue weighted by Crippen LogP contribution is -2.47. The molecule has 1 aromatic carbocycles. The van der Waals surface area contributed by atoms with Crippen molar-refractivity contribution >= 4 is 36.5 Å². The van der Waals surface area contributed by atoms with Crippen LogP contribution in [-0.2, 0) is 37.8 Å². The van der Waals surface area contributed by atoms with E-state index in [0.717, 1.165) is 5.56 Å². The molecular formula is C26H32B2FN2O5PS. The molecule has 0 spiro atoms. The molecule has 0 fully saturated rings. The number of hydrogen-bond donors (Lipinski definition) is 1. The van der Waals surface area contributed by atoms with Crippen molar-refractivity contribution in [2.24, 2.45) is 0 Å². The van der Waals surface area contributed by atoms with Crippen molar-refractivity contribution in [3.8, 4) is 18.1 Å². The molecule has 2 heterocycles. The van der Waals surface area contributed by atoms with E-state index >= 15 is 4.39 Å². The van der Waals surface area contributed by atoms with Gasteiger partial charge in [-0.15, -0.1) is 6.42 Å². The van der Waals surface area contributed by atoms with E-state index in [4.69, 9.17) is 52.6 Å². The maximum Gasteiger partial charge on any atom is 0.396 e. The van der Waals surface area contributed by atoms with E-state index in [1.54, 1.807) is 0 Å². The van der Waals surface area contributed by atoms with Crippen molar-refractivity contribution in [1.82, 2.24) is 9.55 Å². The summed E-state index contributed by atoms with van der Waals surface area (Å²) < 4.78 is 40.2. The lowest BCUT2D eigenvalue weighted by Gasteiger charge is -2.39. The summed E-state index contributed by atoms with van der Waals surface area (Å²) in [5.41, 5.74) is 0.908. The highest BCUT2D eigenvalue weighted by molar-refractivity contribution is 7.71. The van der Waals surface area contributed by atoms with Crippen LogP contribution in [0, 0.1) is 22.8 Å². The van der Waals surface area contributed by atoms with E-state index in [1.807, 2.05) is 47.6 Å². The van der Waals surface area contributed by atoms with Crippen LogP contribution in [-0.4, -0.2) is 43.9 Å². The minimum Gasteiger partial charge on any atom is -0.426 e. The highest BCUT2D eigenvalue weighted by atomic mass is 32.1. The zero-order valence-corrected chi connectivity index (χ0v) is 24.5. The number of benzene rings is 1. The Bertz CT molecular complexity index is 1360. The lowest BCUT2D eigenvalue weighted by atomic mass is 9.61. The summed E-state index contributed by atoms with van der Waals surface area (Å²) in [6.07, 6.45) is 6.25. The summed E-state index contributed by atoms with van der Waals surface area (Å²) in [7, 11) is 11.9. The molecule has 1 aliphatic rings. The molecule has 1 aromatic heterocycles. The van der Waals surface area contributed by atoms with Gasteiger partial charge in [-0.1, -0.05) is 59.7 Å². The zero-order valence-electron chi connectivity index (χ0n) is 22.8. The molecule has 0 saturated heterocycles. The topological polar surface area (TPSA) is 74.7 Å². The summed E-state index contributed by atoms with van der Waals surface area (Å²) in [5.74, 6) is 2.44. The van der Waals surface area contributed by atoms with E-state index in [2.05, 4.69) is 10.9 Å². The average Bonchev–Trinajstić information content (AvgIpc) is 2.78. The minimum atomic E-state index is -2.09. The van der Waals surface area contributed by atoms with Crippen molar-refractivity contribution in [3.05, 3.63) is 55.5 Å². The van der Waals surface area contributed by atoms with E-state index in [0.29, 0.717) is 22.4 Å². The first-order chi connectivity index (χ1) is 17.5. The SMILES string of the molecule is [B]C([B])(OP1OCc2c(F)c(C(C)(C)C)cc(C(C)(C)C)c2O1)C(CCn1cc(C#C)c(=S)[nH]c1=O)OC. The van der Waals surface area contributed by atoms with Gasteiger partial charge in [0.1, 0.15) is 31.9 Å². The summed E-state index contributed by atoms with van der Waals surface area (Å²) >= 11 is 5.06. The first-order valence-electron chi connectivity index (χ1n) is 12.1. The maximum absolute atomic E-state index is 15.5. The van der Waals surface area contributed by atoms with Gasteiger partial charge in [0.05, 0.1) is 23.8 Å². The Hall–Kier alpha value is -1.95. The number of halogens is 1. The molecule has 4 radical (unpaired) electrons. The number of aromatic nitrogens is 2. The number of hydrogen-bond acceptors (Lipinski definition) is 6. The molecule has 0 bridgehead atoms. The predicted octanol–water partition coefficient (Wildman–Crippen LogP) is 4.87. The number of nitrogens with zero attached hydrogens (tertiary/aromatic N) is 1. The number of nitrogens with one attached hydrogen (secondary N) is 1. The van der Waals surface area contributed by atoms with Crippen LogP contribution in [0.4, 0.5) is 4.39 Å². The van der Waals surface area contributed by atoms with Gasteiger partial charge in [-0.2, -0.15) is 0 Å². The Morgan fingerprint density at radius 3 is 2.45 bits per heavy atom. The van der Waals surface area contributed by atoms with Gasteiger partial charge < -0.3 is 13.8 Å². The van der Waals surface area contributed by atoms with E-state index < -0.39 is 31.2 Å². The molecule has 2 aromatic rings. The Labute approximate surface area is 232 Å². The first-order valence-corrected chi connectivity index (χ1v) is 13.6. The fraction of sp³-hybridized carbons (Fsp3) is 0.538. The number of aryl methyl sites for hydroxylation is 1. The van der Waals surface area contributed by atoms with Crippen LogP contribution in [0.2, 0.25) is 0 Å². The molecular weight excluding hydrogens is 524 g/mol. The Balaban J connectivity index is 1.84. The molecule has 2 atom stereocenters. The van der Waals surface area contributed by atoms with Gasteiger partial charge in [0.15, 0.2) is 0 Å². The van der Waals surface area contributed by atoms with Gasteiger partial charge >= 0.3 is 14.3 Å². The van der Waals surface area contributed by atoms with Crippen molar-refractivity contribution in [3.63, 3.8) is 0 Å². The Morgan fingerprint density at radius 2 is 1.89 bits per heavy atom. The van der Waals surface area contributed by atoms with Crippen LogP contribution in [0.15, 0.2) is 17.1 Å². The third kappa shape index (κ3) is 6.60. The second kappa shape index (κ2) is 11.3. The summed E-state index contributed by atoms with van der Waals surface area (Å²) in [6, 6.07) is 1.84. The fourth-order valence-electron chi connectivity index (χ4n) is 4.05. The monoisotopic (exact) mass is 556 g/mol. The number of ether oxygens (including phenoxy) is 1. The molecule has 0 saturated carbocycles. The number of terminal acetylenes is 1. The first kappa shape index (κ1) is 30.6. The van der Waals surface area contributed by atoms with Gasteiger partial charge in [0.25, 0.3) is 0 Å². The maximum atomic E-state index is 15.5. The second-order valence-corrected chi connectivity index (χ2v) is 12.8. The zero-order chi connectivity index (χ0) is 28.6. The van der Waals surface area contributed by atoms with Crippen molar-refractivity contribution in [2.75, 3.05) is 7.11 Å². The number of methoxy groups -OCH3 is 1. The van der Waals surface area contributed by atoms with Crippen LogP contribution < -0.4 is 10.2 Å². The molecule has 7 nitrogen and oxygen atoms in total. The van der Waals surface area contributed by atoms with Gasteiger partial charge in [0, 0.05) is 30.8 Å². The number of H-pyrrole nitrogens is 1. The van der Waals surface area contributed by atoms with Crippen LogP contribution in [0.1, 0.15) is 70.2 Å². The van der Waals surface area contributed by atoms with Gasteiger partial charge in [-0.3, -0.25) is 14.1 Å². The van der Waals surface area contributed by atoms with Crippen LogP contribution in [0.3, 0.4) is 0 Å². The standard InChI is InChI=1S/C26H32B2FN2O5PS/c1-9-15-13-31(23(32)30-22(15)38)11-10-19(33-8)26(27,28)36-37-34-14-16-20(29)17(24(2,3)4)12-18(21(16)35-37)25(5,6)7/h1,12-13,19H,10-11,14H2,2-8H3,(H,30,32,38). The smallest absolute Gasteiger partial charge is 0.396 e. The quantitative estimate of drug-likeness (QED) is 0.227. The second-order valence-electron chi connectivity index (χ2n) is 11.3. The fourth-order valence-corrected chi connectivity index (χ4v) is 5.36. The molecule has 12 heteroatoms. The molecule has 200 valence electrons. The number of aromatic amines is 1. The largest absolute Gasteiger partial charge is 0.426 e. The van der Waals surface area contributed by atoms with Gasteiger partial charge in [0.2, 0.25) is 0 Å².